The van der Waals surface area contributed by atoms with Gasteiger partial charge in [-0.15, -0.1) is 0 Å². The average Bonchev–Trinajstić information content (AvgIpc) is 3.07. The summed E-state index contributed by atoms with van der Waals surface area (Å²) in [5.41, 5.74) is -7.99. The standard InChI is InChI=1S/C17H10F13N3O4/c1-7-6-11(35,32(31-7)10(34)8-3-2-4-9(5-8)33(36)37)12(18,19)13(20,21)14(22,23)15(24,25)16(26,27)17(28,29)30/h2-5,35H,6H2,1H3. The number of carbonyl (C=O) groups excluding carboxylic acids is 1. The smallest absolute Gasteiger partial charge is 0.364 e. The van der Waals surface area contributed by atoms with E-state index in [1.165, 1.54) is 0 Å². The van der Waals surface area contributed by atoms with E-state index in [1.807, 2.05) is 0 Å². The molecule has 0 saturated carbocycles. The highest BCUT2D eigenvalue weighted by Gasteiger charge is 2.93. The number of carbonyl (C=O) groups is 1. The van der Waals surface area contributed by atoms with Gasteiger partial charge in [0.2, 0.25) is 5.72 Å². The number of amides is 1. The summed E-state index contributed by atoms with van der Waals surface area (Å²) in [5, 5.41) is 22.9. The quantitative estimate of drug-likeness (QED) is 0.277. The molecule has 1 aliphatic heterocycles. The van der Waals surface area contributed by atoms with Crippen LogP contribution in [0.4, 0.5) is 62.8 Å². The lowest BCUT2D eigenvalue weighted by Crippen LogP contribution is -2.75. The maximum atomic E-state index is 14.8. The van der Waals surface area contributed by atoms with Crippen LogP contribution < -0.4 is 0 Å². The van der Waals surface area contributed by atoms with Crippen LogP contribution in [-0.2, 0) is 0 Å². The zero-order valence-corrected chi connectivity index (χ0v) is 17.4. The van der Waals surface area contributed by atoms with Crippen molar-refractivity contribution in [3.8, 4) is 0 Å². The molecule has 0 radical (unpaired) electrons. The van der Waals surface area contributed by atoms with E-state index >= 15 is 0 Å². The first kappa shape index (κ1) is 30.0. The van der Waals surface area contributed by atoms with E-state index in [0.29, 0.717) is 19.1 Å². The highest BCUT2D eigenvalue weighted by molar-refractivity contribution is 5.98. The van der Waals surface area contributed by atoms with Gasteiger partial charge in [0.05, 0.1) is 4.92 Å². The van der Waals surface area contributed by atoms with Crippen LogP contribution in [0.15, 0.2) is 29.4 Å². The van der Waals surface area contributed by atoms with Crippen molar-refractivity contribution in [2.75, 3.05) is 0 Å². The van der Waals surface area contributed by atoms with E-state index < -0.39 is 80.7 Å². The Bertz CT molecular complexity index is 1140. The molecule has 1 atom stereocenters. The molecule has 1 amide bonds. The topological polar surface area (TPSA) is 96.0 Å². The lowest BCUT2D eigenvalue weighted by molar-refractivity contribution is -0.453. The van der Waals surface area contributed by atoms with E-state index in [1.54, 1.807) is 0 Å². The highest BCUT2D eigenvalue weighted by Crippen LogP contribution is 2.62. The van der Waals surface area contributed by atoms with Gasteiger partial charge in [-0.05, 0) is 13.0 Å². The number of hydrogen-bond acceptors (Lipinski definition) is 5. The summed E-state index contributed by atoms with van der Waals surface area (Å²) in [5.74, 6) is -41.6. The third-order valence-electron chi connectivity index (χ3n) is 5.06. The predicted molar refractivity (Wildman–Crippen MR) is 92.7 cm³/mol. The highest BCUT2D eigenvalue weighted by atomic mass is 19.4. The molecule has 1 unspecified atom stereocenters. The second kappa shape index (κ2) is 8.42. The van der Waals surface area contributed by atoms with Gasteiger partial charge in [0.1, 0.15) is 0 Å². The predicted octanol–water partition coefficient (Wildman–Crippen LogP) is 5.24. The Morgan fingerprint density at radius 2 is 1.43 bits per heavy atom. The van der Waals surface area contributed by atoms with Crippen molar-refractivity contribution < 1.29 is 71.9 Å². The number of hydrazone groups is 1. The molecule has 1 N–H and O–H groups in total. The van der Waals surface area contributed by atoms with Gasteiger partial charge in [-0.2, -0.15) is 67.2 Å². The van der Waals surface area contributed by atoms with Gasteiger partial charge in [-0.25, -0.2) is 0 Å². The minimum absolute atomic E-state index is 0.314. The van der Waals surface area contributed by atoms with Gasteiger partial charge in [0, 0.05) is 29.8 Å². The summed E-state index contributed by atoms with van der Waals surface area (Å²) in [6.07, 6.45) is -9.65. The van der Waals surface area contributed by atoms with Crippen LogP contribution in [0.1, 0.15) is 23.7 Å². The Kier molecular flexibility index (Phi) is 6.83. The van der Waals surface area contributed by atoms with Crippen molar-refractivity contribution in [2.24, 2.45) is 5.10 Å². The Balaban J connectivity index is 2.67. The summed E-state index contributed by atoms with van der Waals surface area (Å²) < 4.78 is 176. The molecule has 0 saturated heterocycles. The number of nitrogens with zero attached hydrogens (tertiary/aromatic N) is 3. The molecule has 0 spiro atoms. The second-order valence-electron chi connectivity index (χ2n) is 7.62. The van der Waals surface area contributed by atoms with Crippen molar-refractivity contribution in [3.05, 3.63) is 39.9 Å². The minimum Gasteiger partial charge on any atom is -0.364 e. The van der Waals surface area contributed by atoms with Gasteiger partial charge >= 0.3 is 35.8 Å². The van der Waals surface area contributed by atoms with Crippen molar-refractivity contribution in [3.63, 3.8) is 0 Å². The Hall–Kier alpha value is -3.19. The molecule has 1 aromatic rings. The van der Waals surface area contributed by atoms with Crippen molar-refractivity contribution >= 4 is 17.3 Å². The molecule has 1 aliphatic rings. The van der Waals surface area contributed by atoms with E-state index in [0.717, 1.165) is 12.1 Å². The molecule has 0 fully saturated rings. The SMILES string of the molecule is CC1=NN(C(=O)c2cccc([N+](=O)[O-])c2)C(O)(C(F)(F)C(F)(F)C(F)(F)C(F)(F)C(F)(F)C(F)(F)F)C1. The fourth-order valence-electron chi connectivity index (χ4n) is 3.07. The molecule has 0 bridgehead atoms. The number of rotatable bonds is 7. The van der Waals surface area contributed by atoms with E-state index in [4.69, 9.17) is 0 Å². The number of alkyl halides is 13. The summed E-state index contributed by atoms with van der Waals surface area (Å²) >= 11 is 0. The van der Waals surface area contributed by atoms with Crippen LogP contribution in [-0.4, -0.2) is 68.2 Å². The normalized spacial score (nSPS) is 20.2. The third kappa shape index (κ3) is 4.04. The average molecular weight is 567 g/mol. The number of aliphatic hydroxyl groups is 1. The number of benzene rings is 1. The molecule has 20 heteroatoms. The molecular formula is C17H10F13N3O4. The number of nitro groups is 1. The van der Waals surface area contributed by atoms with Gasteiger partial charge in [-0.1, -0.05) is 6.07 Å². The molecule has 2 rings (SSSR count). The fraction of sp³-hybridized carbons (Fsp3) is 0.529. The fourth-order valence-corrected chi connectivity index (χ4v) is 3.07. The van der Waals surface area contributed by atoms with E-state index in [-0.39, 0.29) is 0 Å². The lowest BCUT2D eigenvalue weighted by Gasteiger charge is -2.45. The number of hydrogen-bond donors (Lipinski definition) is 1. The first-order valence-electron chi connectivity index (χ1n) is 9.12. The number of non-ortho nitro benzene ring substituents is 1. The van der Waals surface area contributed by atoms with Crippen molar-refractivity contribution in [1.82, 2.24) is 5.01 Å². The molecule has 0 aliphatic carbocycles. The lowest BCUT2D eigenvalue weighted by atomic mass is 9.86. The molecule has 208 valence electrons. The van der Waals surface area contributed by atoms with E-state index in [9.17, 15) is 77.1 Å². The van der Waals surface area contributed by atoms with Crippen molar-refractivity contribution in [1.29, 1.82) is 0 Å². The molecule has 1 aromatic carbocycles. The maximum absolute atomic E-state index is 14.8. The maximum Gasteiger partial charge on any atom is 0.460 e. The summed E-state index contributed by atoms with van der Waals surface area (Å²) in [6.45, 7) is 0.616. The monoisotopic (exact) mass is 567 g/mol. The third-order valence-corrected chi connectivity index (χ3v) is 5.06. The summed E-state index contributed by atoms with van der Waals surface area (Å²) in [7, 11) is 0. The van der Waals surface area contributed by atoms with Crippen LogP contribution in [0.5, 0.6) is 0 Å². The molecule has 7 nitrogen and oxygen atoms in total. The molecule has 0 aromatic heterocycles. The minimum atomic E-state index is -8.22. The van der Waals surface area contributed by atoms with Gasteiger partial charge < -0.3 is 5.11 Å². The van der Waals surface area contributed by atoms with Crippen LogP contribution in [0.2, 0.25) is 0 Å². The van der Waals surface area contributed by atoms with Crippen molar-refractivity contribution in [2.45, 2.75) is 54.9 Å². The van der Waals surface area contributed by atoms with E-state index in [2.05, 4.69) is 5.10 Å². The summed E-state index contributed by atoms with van der Waals surface area (Å²) in [6, 6.07) is 2.38. The van der Waals surface area contributed by atoms with Crippen LogP contribution in [0.3, 0.4) is 0 Å². The molecule has 37 heavy (non-hydrogen) atoms. The molecular weight excluding hydrogens is 557 g/mol. The Morgan fingerprint density at radius 3 is 1.89 bits per heavy atom. The number of nitro benzene ring substituents is 1. The Morgan fingerprint density at radius 1 is 0.946 bits per heavy atom. The zero-order chi connectivity index (χ0) is 29.2. The van der Waals surface area contributed by atoms with Gasteiger partial charge in [-0.3, -0.25) is 14.9 Å². The second-order valence-corrected chi connectivity index (χ2v) is 7.62. The molecule has 1 heterocycles. The largest absolute Gasteiger partial charge is 0.460 e. The van der Waals surface area contributed by atoms with Crippen LogP contribution >= 0.6 is 0 Å². The Labute approximate surface area is 195 Å². The van der Waals surface area contributed by atoms with Gasteiger partial charge in [0.25, 0.3) is 11.6 Å². The van der Waals surface area contributed by atoms with Crippen LogP contribution in [0, 0.1) is 10.1 Å². The zero-order valence-electron chi connectivity index (χ0n) is 17.4. The van der Waals surface area contributed by atoms with Gasteiger partial charge in [0.15, 0.2) is 0 Å². The van der Waals surface area contributed by atoms with Crippen LogP contribution in [0.25, 0.3) is 0 Å². The first-order chi connectivity index (χ1) is 16.3. The first-order valence-corrected chi connectivity index (χ1v) is 9.12. The number of halogens is 13. The summed E-state index contributed by atoms with van der Waals surface area (Å²) in [4.78, 5) is 22.2.